The van der Waals surface area contributed by atoms with Crippen molar-refractivity contribution in [3.05, 3.63) is 166 Å². The number of fused-ring (bicyclic) bond motifs is 1. The van der Waals surface area contributed by atoms with Gasteiger partial charge in [-0.1, -0.05) is 109 Å². The summed E-state index contributed by atoms with van der Waals surface area (Å²) in [6.07, 6.45) is -3.79. The van der Waals surface area contributed by atoms with Gasteiger partial charge in [-0.2, -0.15) is 0 Å². The van der Waals surface area contributed by atoms with E-state index in [2.05, 4.69) is 18.2 Å². The average molecular weight is 733 g/mol. The lowest BCUT2D eigenvalue weighted by atomic mass is 9.85. The first kappa shape index (κ1) is 36.8. The van der Waals surface area contributed by atoms with Crippen LogP contribution in [0.25, 0.3) is 10.1 Å². The fraction of sp³-hybridized carbons (Fsp3) is 0.273. The standard InChI is InChI=1S/C44H44O8S/c1-47-37-25-38(49-27-30-14-6-3-7-15-30)36(24-34(37)23-35-22-33-20-12-13-21-40(33)53-35)44(48-2)43(51-29-32-18-10-5-11-19-32)42(41(46)39(26-45)52-44)50-28-31-16-8-4-9-17-31/h3-22,24-25,39,41-43,45-46H,23,26-29H2,1-2H3/t39-,41+,42+,43-,44?/m1/s1. The third-order valence-electron chi connectivity index (χ3n) is 9.59. The summed E-state index contributed by atoms with van der Waals surface area (Å²) in [5, 5.41) is 23.6. The lowest BCUT2D eigenvalue weighted by Gasteiger charge is -2.51. The number of rotatable bonds is 15. The molecule has 9 heteroatoms. The first-order valence-corrected chi connectivity index (χ1v) is 18.5. The molecule has 1 aromatic heterocycles. The van der Waals surface area contributed by atoms with Crippen LogP contribution < -0.4 is 9.47 Å². The minimum absolute atomic E-state index is 0.173. The summed E-state index contributed by atoms with van der Waals surface area (Å²) < 4.78 is 40.3. The predicted octanol–water partition coefficient (Wildman–Crippen LogP) is 7.80. The molecule has 1 fully saturated rings. The molecule has 0 radical (unpaired) electrons. The highest BCUT2D eigenvalue weighted by Crippen LogP contribution is 2.48. The maximum Gasteiger partial charge on any atom is 0.228 e. The van der Waals surface area contributed by atoms with E-state index in [0.29, 0.717) is 23.5 Å². The molecule has 0 amide bonds. The number of hydrogen-bond acceptors (Lipinski definition) is 9. The van der Waals surface area contributed by atoms with Crippen LogP contribution >= 0.6 is 11.3 Å². The predicted molar refractivity (Wildman–Crippen MR) is 205 cm³/mol. The summed E-state index contributed by atoms with van der Waals surface area (Å²) in [7, 11) is 3.18. The Morgan fingerprint density at radius 1 is 0.698 bits per heavy atom. The van der Waals surface area contributed by atoms with Gasteiger partial charge in [0, 0.05) is 34.7 Å². The van der Waals surface area contributed by atoms with Gasteiger partial charge in [-0.25, -0.2) is 0 Å². The fourth-order valence-corrected chi connectivity index (χ4v) is 7.98. The van der Waals surface area contributed by atoms with Crippen molar-refractivity contribution < 1.29 is 38.6 Å². The molecule has 8 nitrogen and oxygen atoms in total. The molecule has 2 N–H and O–H groups in total. The molecule has 1 aliphatic heterocycles. The molecule has 5 atom stereocenters. The maximum atomic E-state index is 11.8. The van der Waals surface area contributed by atoms with Gasteiger partial charge in [0.1, 0.15) is 42.5 Å². The quantitative estimate of drug-likeness (QED) is 0.111. The molecule has 7 rings (SSSR count). The highest BCUT2D eigenvalue weighted by Gasteiger charge is 2.58. The highest BCUT2D eigenvalue weighted by molar-refractivity contribution is 7.19. The summed E-state index contributed by atoms with van der Waals surface area (Å²) >= 11 is 1.72. The Balaban J connectivity index is 1.36. The molecular weight excluding hydrogens is 689 g/mol. The Bertz CT molecular complexity index is 2020. The van der Waals surface area contributed by atoms with E-state index in [0.717, 1.165) is 27.1 Å². The minimum atomic E-state index is -1.71. The molecule has 0 saturated carbocycles. The molecule has 1 saturated heterocycles. The van der Waals surface area contributed by atoms with Gasteiger partial charge in [0.25, 0.3) is 0 Å². The monoisotopic (exact) mass is 732 g/mol. The molecule has 5 aromatic carbocycles. The average Bonchev–Trinajstić information content (AvgIpc) is 3.63. The molecule has 2 heterocycles. The maximum absolute atomic E-state index is 11.8. The zero-order valence-corrected chi connectivity index (χ0v) is 30.6. The second-order valence-corrected chi connectivity index (χ2v) is 14.2. The first-order chi connectivity index (χ1) is 26.0. The van der Waals surface area contributed by atoms with Crippen LogP contribution in [0.2, 0.25) is 0 Å². The van der Waals surface area contributed by atoms with Crippen molar-refractivity contribution in [3.8, 4) is 11.5 Å². The van der Waals surface area contributed by atoms with E-state index in [4.69, 9.17) is 28.4 Å². The van der Waals surface area contributed by atoms with Gasteiger partial charge < -0.3 is 38.6 Å². The zero-order chi connectivity index (χ0) is 36.6. The molecule has 0 spiro atoms. The van der Waals surface area contributed by atoms with Gasteiger partial charge >= 0.3 is 0 Å². The van der Waals surface area contributed by atoms with Crippen LogP contribution in [0.4, 0.5) is 0 Å². The van der Waals surface area contributed by atoms with Crippen molar-refractivity contribution >= 4 is 21.4 Å². The number of benzene rings is 5. The van der Waals surface area contributed by atoms with Gasteiger partial charge in [-0.15, -0.1) is 11.3 Å². The van der Waals surface area contributed by atoms with Crippen molar-refractivity contribution in [1.82, 2.24) is 0 Å². The van der Waals surface area contributed by atoms with Gasteiger partial charge in [0.05, 0.1) is 32.5 Å². The second-order valence-electron chi connectivity index (χ2n) is 13.0. The van der Waals surface area contributed by atoms with Crippen molar-refractivity contribution in [1.29, 1.82) is 0 Å². The molecule has 53 heavy (non-hydrogen) atoms. The van der Waals surface area contributed by atoms with Gasteiger partial charge in [0.15, 0.2) is 0 Å². The van der Waals surface area contributed by atoms with Crippen molar-refractivity contribution in [3.63, 3.8) is 0 Å². The molecule has 274 valence electrons. The third-order valence-corrected chi connectivity index (χ3v) is 10.7. The Hall–Kier alpha value is -4.58. The van der Waals surface area contributed by atoms with E-state index in [1.165, 1.54) is 17.2 Å². The molecule has 6 aromatic rings. The number of ether oxygens (including phenoxy) is 6. The van der Waals surface area contributed by atoms with Crippen molar-refractivity contribution in [2.24, 2.45) is 0 Å². The van der Waals surface area contributed by atoms with Crippen LogP contribution in [-0.2, 0) is 51.0 Å². The molecular formula is C44H44O8S. The zero-order valence-electron chi connectivity index (χ0n) is 29.8. The summed E-state index contributed by atoms with van der Waals surface area (Å²) in [5.74, 6) is -0.639. The van der Waals surface area contributed by atoms with E-state index in [1.807, 2.05) is 115 Å². The van der Waals surface area contributed by atoms with Crippen molar-refractivity contribution in [2.75, 3.05) is 20.8 Å². The SMILES string of the molecule is COc1cc(OCc2ccccc2)c(C2(OC)O[C@H](CO)[C@H](O)[C@H](OCc3ccccc3)[C@H]2OCc2ccccc2)cc1Cc1cc2ccccc2s1. The van der Waals surface area contributed by atoms with E-state index < -0.39 is 36.8 Å². The Morgan fingerprint density at radius 2 is 1.30 bits per heavy atom. The van der Waals surface area contributed by atoms with Gasteiger partial charge in [-0.05, 0) is 40.3 Å². The van der Waals surface area contributed by atoms with Gasteiger partial charge in [-0.3, -0.25) is 0 Å². The van der Waals surface area contributed by atoms with Crippen LogP contribution in [0.1, 0.15) is 32.7 Å². The third kappa shape index (κ3) is 8.17. The molecule has 0 aliphatic carbocycles. The molecule has 1 aliphatic rings. The number of hydrogen-bond donors (Lipinski definition) is 2. The molecule has 0 bridgehead atoms. The van der Waals surface area contributed by atoms with Crippen LogP contribution in [0.5, 0.6) is 11.5 Å². The summed E-state index contributed by atoms with van der Waals surface area (Å²) in [4.78, 5) is 1.15. The van der Waals surface area contributed by atoms with E-state index >= 15 is 0 Å². The van der Waals surface area contributed by atoms with Crippen LogP contribution in [-0.4, -0.2) is 55.5 Å². The summed E-state index contributed by atoms with van der Waals surface area (Å²) in [6.45, 7) is 0.116. The van der Waals surface area contributed by atoms with Gasteiger partial charge in [0.2, 0.25) is 5.79 Å². The van der Waals surface area contributed by atoms with Crippen molar-refractivity contribution in [2.45, 2.75) is 56.4 Å². The topological polar surface area (TPSA) is 95.8 Å². The van der Waals surface area contributed by atoms with E-state index in [1.54, 1.807) is 18.4 Å². The summed E-state index contributed by atoms with van der Waals surface area (Å²) in [5.41, 5.74) is 4.19. The Morgan fingerprint density at radius 3 is 1.91 bits per heavy atom. The van der Waals surface area contributed by atoms with E-state index in [9.17, 15) is 10.2 Å². The first-order valence-electron chi connectivity index (χ1n) is 17.7. The lowest BCUT2D eigenvalue weighted by molar-refractivity contribution is -0.380. The minimum Gasteiger partial charge on any atom is -0.496 e. The normalized spacial score (nSPS) is 21.4. The lowest BCUT2D eigenvalue weighted by Crippen LogP contribution is -2.65. The van der Waals surface area contributed by atoms with Crippen LogP contribution in [0, 0.1) is 0 Å². The molecule has 1 unspecified atom stereocenters. The fourth-order valence-electron chi connectivity index (χ4n) is 6.90. The van der Waals surface area contributed by atoms with Crippen LogP contribution in [0.3, 0.4) is 0 Å². The number of aliphatic hydroxyl groups is 2. The Kier molecular flexibility index (Phi) is 11.8. The van der Waals surface area contributed by atoms with E-state index in [-0.39, 0.29) is 19.8 Å². The number of thiophene rings is 1. The number of methoxy groups -OCH3 is 2. The number of aliphatic hydroxyl groups excluding tert-OH is 2. The smallest absolute Gasteiger partial charge is 0.228 e. The summed E-state index contributed by atoms with van der Waals surface area (Å²) in [6, 6.07) is 43.7. The van der Waals surface area contributed by atoms with Crippen LogP contribution in [0.15, 0.2) is 133 Å². The second kappa shape index (κ2) is 17.0. The Labute approximate surface area is 314 Å². The highest BCUT2D eigenvalue weighted by atomic mass is 32.1. The largest absolute Gasteiger partial charge is 0.496 e.